The Hall–Kier alpha value is -6.58. The Bertz CT molecular complexity index is 2780. The quantitative estimate of drug-likeness (QED) is 0.0532. The highest BCUT2D eigenvalue weighted by molar-refractivity contribution is 7.93. The van der Waals surface area contributed by atoms with Gasteiger partial charge in [-0.2, -0.15) is 0 Å². The maximum Gasteiger partial charge on any atom is 0.260 e. The van der Waals surface area contributed by atoms with Gasteiger partial charge in [-0.25, -0.2) is 0 Å². The first-order valence-corrected chi connectivity index (χ1v) is 25.7. The number of anilines is 1. The molecule has 1 unspecified atom stereocenters. The predicted octanol–water partition coefficient (Wildman–Crippen LogP) is 11.4. The van der Waals surface area contributed by atoms with Crippen LogP contribution in [0, 0.1) is 20.8 Å². The van der Waals surface area contributed by atoms with Gasteiger partial charge in [-0.1, -0.05) is 176 Å². The SMILES string of the molecule is CCC(Cc1ccccc1)(C(=O)c1ccc(N2CCOCC2)cc1)N(C)C.COC(OC)(C(=O)c1ccccc1)c1ccccc1.Cc1cc(C)c(C(=O)P(=O)(c2ccccc2)c2ccccc2)c(C)c1. The molecule has 0 amide bonds. The minimum absolute atomic E-state index is 0.187. The smallest absolute Gasteiger partial charge is 0.260 e. The van der Waals surface area contributed by atoms with Gasteiger partial charge < -0.3 is 23.7 Å². The fraction of sp³-hybridized carbons (Fsp3) is 0.262. The van der Waals surface area contributed by atoms with Crippen LogP contribution < -0.4 is 15.5 Å². The van der Waals surface area contributed by atoms with E-state index in [0.29, 0.717) is 33.7 Å². The molecule has 1 heterocycles. The maximum atomic E-state index is 14.2. The van der Waals surface area contributed by atoms with Crippen molar-refractivity contribution in [2.45, 2.75) is 51.9 Å². The molecule has 7 aromatic carbocycles. The van der Waals surface area contributed by atoms with Crippen LogP contribution in [-0.4, -0.2) is 82.1 Å². The highest BCUT2D eigenvalue weighted by Crippen LogP contribution is 2.48. The minimum Gasteiger partial charge on any atom is -0.378 e. The van der Waals surface area contributed by atoms with Gasteiger partial charge in [0.05, 0.1) is 18.8 Å². The summed E-state index contributed by atoms with van der Waals surface area (Å²) in [7, 11) is 3.51. The second-order valence-corrected chi connectivity index (χ2v) is 20.5. The van der Waals surface area contributed by atoms with Gasteiger partial charge in [0.2, 0.25) is 18.4 Å². The normalized spacial score (nSPS) is 13.5. The molecular formula is C61H67N2O7P. The summed E-state index contributed by atoms with van der Waals surface area (Å²) in [6, 6.07) is 58.7. The molecule has 0 radical (unpaired) electrons. The van der Waals surface area contributed by atoms with E-state index in [-0.39, 0.29) is 17.1 Å². The van der Waals surface area contributed by atoms with Gasteiger partial charge in [0.1, 0.15) is 0 Å². The van der Waals surface area contributed by atoms with Gasteiger partial charge in [-0.05, 0) is 88.7 Å². The molecule has 8 rings (SSSR count). The fourth-order valence-corrected chi connectivity index (χ4v) is 11.9. The Morgan fingerprint density at radius 1 is 0.606 bits per heavy atom. The number of methoxy groups -OCH3 is 2. The molecule has 7 aromatic rings. The number of nitrogens with zero attached hydrogens (tertiary/aromatic N) is 2. The number of carbonyl (C=O) groups is 3. The van der Waals surface area contributed by atoms with E-state index >= 15 is 0 Å². The number of benzene rings is 7. The van der Waals surface area contributed by atoms with Crippen LogP contribution in [0.25, 0.3) is 0 Å². The van der Waals surface area contributed by atoms with Crippen LogP contribution in [-0.2, 0) is 31.0 Å². The lowest BCUT2D eigenvalue weighted by Crippen LogP contribution is -2.52. The van der Waals surface area contributed by atoms with E-state index in [1.807, 2.05) is 162 Å². The number of ketones is 2. The van der Waals surface area contributed by atoms with Crippen LogP contribution in [0.5, 0.6) is 0 Å². The van der Waals surface area contributed by atoms with Crippen molar-refractivity contribution in [3.05, 3.63) is 233 Å². The molecule has 0 aliphatic carbocycles. The highest BCUT2D eigenvalue weighted by Gasteiger charge is 2.42. The second kappa shape index (κ2) is 25.0. The molecule has 9 nitrogen and oxygen atoms in total. The molecule has 0 saturated carbocycles. The van der Waals surface area contributed by atoms with Gasteiger partial charge in [0.15, 0.2) is 5.78 Å². The summed E-state index contributed by atoms with van der Waals surface area (Å²) < 4.78 is 30.4. The van der Waals surface area contributed by atoms with E-state index in [9.17, 15) is 18.9 Å². The van der Waals surface area contributed by atoms with E-state index in [2.05, 4.69) is 41.0 Å². The lowest BCUT2D eigenvalue weighted by atomic mass is 9.80. The average molecular weight is 971 g/mol. The Kier molecular flexibility index (Phi) is 18.9. The number of rotatable bonds is 16. The average Bonchev–Trinajstić information content (AvgIpc) is 3.42. The first-order chi connectivity index (χ1) is 34.2. The van der Waals surface area contributed by atoms with Crippen molar-refractivity contribution in [1.82, 2.24) is 4.90 Å². The molecule has 1 aliphatic heterocycles. The van der Waals surface area contributed by atoms with E-state index in [0.717, 1.165) is 60.7 Å². The molecule has 0 N–H and O–H groups in total. The Balaban J connectivity index is 0.000000177. The lowest BCUT2D eigenvalue weighted by Gasteiger charge is -2.38. The van der Waals surface area contributed by atoms with Crippen molar-refractivity contribution in [2.75, 3.05) is 59.5 Å². The van der Waals surface area contributed by atoms with Gasteiger partial charge >= 0.3 is 0 Å². The lowest BCUT2D eigenvalue weighted by molar-refractivity contribution is -0.176. The van der Waals surface area contributed by atoms with Crippen LogP contribution in [0.3, 0.4) is 0 Å². The largest absolute Gasteiger partial charge is 0.378 e. The molecule has 0 bridgehead atoms. The zero-order chi connectivity index (χ0) is 51.0. The number of ether oxygens (including phenoxy) is 3. The van der Waals surface area contributed by atoms with E-state index in [4.69, 9.17) is 14.2 Å². The summed E-state index contributed by atoms with van der Waals surface area (Å²) in [5, 5.41) is 1.15. The van der Waals surface area contributed by atoms with Gasteiger partial charge in [0, 0.05) is 65.9 Å². The van der Waals surface area contributed by atoms with Gasteiger partial charge in [0.25, 0.3) is 5.79 Å². The maximum absolute atomic E-state index is 14.2. The van der Waals surface area contributed by atoms with Crippen molar-refractivity contribution in [2.24, 2.45) is 0 Å². The molecule has 71 heavy (non-hydrogen) atoms. The molecule has 10 heteroatoms. The monoisotopic (exact) mass is 970 g/mol. The minimum atomic E-state index is -3.44. The molecule has 0 aromatic heterocycles. The third-order valence-corrected chi connectivity index (χ3v) is 16.0. The molecule has 1 saturated heterocycles. The molecule has 1 fully saturated rings. The first kappa shape index (κ1) is 53.8. The highest BCUT2D eigenvalue weighted by atomic mass is 31.2. The Labute approximate surface area is 420 Å². The molecule has 1 aliphatic rings. The third kappa shape index (κ3) is 12.3. The second-order valence-electron chi connectivity index (χ2n) is 17.9. The van der Waals surface area contributed by atoms with Crippen molar-refractivity contribution in [1.29, 1.82) is 0 Å². The number of likely N-dealkylation sites (N-methyl/N-ethyl adjacent to an activating group) is 1. The Morgan fingerprint density at radius 3 is 1.49 bits per heavy atom. The van der Waals surface area contributed by atoms with E-state index in [1.54, 1.807) is 36.4 Å². The van der Waals surface area contributed by atoms with Gasteiger partial charge in [-0.3, -0.25) is 19.3 Å². The summed E-state index contributed by atoms with van der Waals surface area (Å²) >= 11 is 0. The number of Topliss-reactive ketones (excluding diaryl/α,β-unsaturated/α-hetero) is 2. The molecule has 0 spiro atoms. The Morgan fingerprint density at radius 2 is 1.04 bits per heavy atom. The summed E-state index contributed by atoms with van der Waals surface area (Å²) in [4.78, 5) is 44.2. The number of carbonyl (C=O) groups excluding carboxylic acids is 3. The molecule has 1 atom stereocenters. The standard InChI is InChI=1S/C23H30N2O2.C22H21O2P.C16H16O3/c1-4-23(24(2)3,18-19-8-6-5-7-9-19)22(26)20-10-12-21(13-11-20)25-14-16-27-17-15-25;1-16-14-17(2)21(18(3)15-16)22(23)25(24,19-10-6-4-7-11-19)20-12-8-5-9-13-20;1-18-16(19-2,14-11-7-4-8-12-14)15(17)13-9-5-3-6-10-13/h5-13H,4,14-18H2,1-3H3;4-15H,1-3H3;3-12H,1-2H3. The van der Waals surface area contributed by atoms with E-state index in [1.165, 1.54) is 19.8 Å². The summed E-state index contributed by atoms with van der Waals surface area (Å²) in [5.74, 6) is -1.43. The van der Waals surface area contributed by atoms with Crippen LogP contribution in [0.1, 0.15) is 72.2 Å². The summed E-state index contributed by atoms with van der Waals surface area (Å²) in [6.07, 6.45) is 1.47. The van der Waals surface area contributed by atoms with Crippen LogP contribution in [0.15, 0.2) is 188 Å². The van der Waals surface area contributed by atoms with Crippen molar-refractivity contribution >= 4 is 40.5 Å². The predicted molar refractivity (Wildman–Crippen MR) is 288 cm³/mol. The zero-order valence-electron chi connectivity index (χ0n) is 42.3. The van der Waals surface area contributed by atoms with Crippen molar-refractivity contribution < 1.29 is 33.2 Å². The van der Waals surface area contributed by atoms with Crippen LogP contribution in [0.2, 0.25) is 0 Å². The summed E-state index contributed by atoms with van der Waals surface area (Å²) in [5.41, 5.74) is 6.92. The molecule has 368 valence electrons. The molecular weight excluding hydrogens is 904 g/mol. The fourth-order valence-electron chi connectivity index (χ4n) is 9.30. The number of morpholine rings is 1. The number of hydrogen-bond donors (Lipinski definition) is 0. The topological polar surface area (TPSA) is 102 Å². The van der Waals surface area contributed by atoms with E-state index < -0.39 is 18.5 Å². The van der Waals surface area contributed by atoms with Crippen LogP contribution in [0.4, 0.5) is 5.69 Å². The van der Waals surface area contributed by atoms with Crippen LogP contribution >= 0.6 is 7.14 Å². The van der Waals surface area contributed by atoms with Crippen molar-refractivity contribution in [3.63, 3.8) is 0 Å². The van der Waals surface area contributed by atoms with Gasteiger partial charge in [-0.15, -0.1) is 0 Å². The first-order valence-electron chi connectivity index (χ1n) is 24.0. The number of hydrogen-bond acceptors (Lipinski definition) is 9. The zero-order valence-corrected chi connectivity index (χ0v) is 43.2. The van der Waals surface area contributed by atoms with Crippen molar-refractivity contribution in [3.8, 4) is 0 Å². The summed E-state index contributed by atoms with van der Waals surface area (Å²) in [6.45, 7) is 11.2. The number of aryl methyl sites for hydroxylation is 3. The third-order valence-electron chi connectivity index (χ3n) is 13.2.